The first-order valence-corrected chi connectivity index (χ1v) is 6.32. The van der Waals surface area contributed by atoms with Crippen molar-refractivity contribution in [2.45, 2.75) is 31.7 Å². The van der Waals surface area contributed by atoms with Crippen LogP contribution in [0.4, 0.5) is 0 Å². The third kappa shape index (κ3) is 9.01. The van der Waals surface area contributed by atoms with Crippen LogP contribution in [-0.4, -0.2) is 61.5 Å². The highest BCUT2D eigenvalue weighted by atomic mass is 16.4. The fraction of sp³-hybridized carbons (Fsp3) is 0.750. The lowest BCUT2D eigenvalue weighted by atomic mass is 10.1. The molecule has 3 N–H and O–H groups in total. The van der Waals surface area contributed by atoms with Crippen LogP contribution in [0, 0.1) is 0 Å². The number of nitrogens with zero attached hydrogens (tertiary/aromatic N) is 1. The standard InChI is InChI=1S/C12H23N3O4/c1-15(2)10(5-3-4-7-13-9-16)12(19)14-8-6-11(17)18/h9-10H,3-8H2,1-2H3,(H,13,16)(H,14,19)(H,17,18)/i8+1,9+1,14+1. The summed E-state index contributed by atoms with van der Waals surface area (Å²) in [6, 6.07) is -0.273. The van der Waals surface area contributed by atoms with E-state index in [1.165, 1.54) is 0 Å². The molecule has 0 spiro atoms. The third-order valence-electron chi connectivity index (χ3n) is 2.70. The van der Waals surface area contributed by atoms with Gasteiger partial charge in [0.15, 0.2) is 0 Å². The van der Waals surface area contributed by atoms with Crippen molar-refractivity contribution < 1.29 is 19.5 Å². The maximum Gasteiger partial charge on any atom is 0.305 e. The van der Waals surface area contributed by atoms with Crippen molar-refractivity contribution >= 4 is 18.3 Å². The Balaban J connectivity index is 3.98. The third-order valence-corrected chi connectivity index (χ3v) is 2.70. The van der Waals surface area contributed by atoms with Gasteiger partial charge in [0.05, 0.1) is 12.5 Å². The van der Waals surface area contributed by atoms with Crippen LogP contribution < -0.4 is 10.6 Å². The average molecular weight is 276 g/mol. The number of rotatable bonds is 11. The van der Waals surface area contributed by atoms with Gasteiger partial charge in [0.25, 0.3) is 0 Å². The molecule has 0 radical (unpaired) electrons. The highest BCUT2D eigenvalue weighted by molar-refractivity contribution is 5.82. The molecule has 1 unspecified atom stereocenters. The number of carbonyl (C=O) groups excluding carboxylic acids is 2. The van der Waals surface area contributed by atoms with Crippen molar-refractivity contribution in [1.82, 2.24) is 15.5 Å². The van der Waals surface area contributed by atoms with Crippen LogP contribution in [0.5, 0.6) is 0 Å². The van der Waals surface area contributed by atoms with Crippen molar-refractivity contribution in [2.75, 3.05) is 27.2 Å². The van der Waals surface area contributed by atoms with Crippen LogP contribution in [0.1, 0.15) is 25.7 Å². The van der Waals surface area contributed by atoms with Crippen molar-refractivity contribution in [3.63, 3.8) is 0 Å². The molecule has 0 rings (SSSR count). The van der Waals surface area contributed by atoms with Crippen LogP contribution in [-0.2, 0) is 14.4 Å². The van der Waals surface area contributed by atoms with Crippen LogP contribution in [0.15, 0.2) is 0 Å². The first-order valence-electron chi connectivity index (χ1n) is 6.32. The molecule has 110 valence electrons. The monoisotopic (exact) mass is 276 g/mol. The van der Waals surface area contributed by atoms with E-state index in [4.69, 9.17) is 5.11 Å². The molecular formula is C12H23N3O4. The molecule has 0 bridgehead atoms. The van der Waals surface area contributed by atoms with Crippen molar-refractivity contribution in [1.29, 1.82) is 0 Å². The van der Waals surface area contributed by atoms with E-state index in [-0.39, 0.29) is 24.9 Å². The van der Waals surface area contributed by atoms with Gasteiger partial charge in [-0.05, 0) is 33.4 Å². The largest absolute Gasteiger partial charge is 0.481 e. The predicted molar refractivity (Wildman–Crippen MR) is 70.7 cm³/mol. The van der Waals surface area contributed by atoms with Gasteiger partial charge in [-0.2, -0.15) is 0 Å². The number of hydrogen-bond donors (Lipinski definition) is 3. The minimum Gasteiger partial charge on any atom is -0.481 e. The van der Waals surface area contributed by atoms with Crippen molar-refractivity contribution in [3.05, 3.63) is 0 Å². The van der Waals surface area contributed by atoms with Gasteiger partial charge >= 0.3 is 5.97 Å². The zero-order chi connectivity index (χ0) is 14.7. The zero-order valence-corrected chi connectivity index (χ0v) is 11.5. The maximum atomic E-state index is 11.9. The molecule has 2 amide bonds. The van der Waals surface area contributed by atoms with Gasteiger partial charge < -0.3 is 15.7 Å². The Labute approximate surface area is 113 Å². The summed E-state index contributed by atoms with van der Waals surface area (Å²) < 4.78 is 0. The van der Waals surface area contributed by atoms with Crippen LogP contribution in [0.3, 0.4) is 0 Å². The normalized spacial score (nSPS) is 11.9. The summed E-state index contributed by atoms with van der Waals surface area (Å²) in [6.07, 6.45) is 2.88. The molecule has 0 aliphatic heterocycles. The lowest BCUT2D eigenvalue weighted by Crippen LogP contribution is -2.44. The summed E-state index contributed by atoms with van der Waals surface area (Å²) in [4.78, 5) is 34.1. The van der Waals surface area contributed by atoms with Crippen molar-refractivity contribution in [2.24, 2.45) is 0 Å². The quantitative estimate of drug-likeness (QED) is 0.203. The van der Waals surface area contributed by atoms with Gasteiger partial charge in [-0.25, -0.2) is 0 Å². The molecule has 0 aliphatic rings. The fourth-order valence-electron chi connectivity index (χ4n) is 1.66. The van der Waals surface area contributed by atoms with E-state index in [0.717, 1.165) is 12.8 Å². The number of unbranched alkanes of at least 4 members (excludes halogenated alkanes) is 1. The predicted octanol–water partition coefficient (Wildman–Crippen LogP) is -0.576. The number of likely N-dealkylation sites (N-methyl/N-ethyl adjacent to an activating group) is 1. The second kappa shape index (κ2) is 10.3. The molecule has 19 heavy (non-hydrogen) atoms. The first kappa shape index (κ1) is 17.4. The highest BCUT2D eigenvalue weighted by Crippen LogP contribution is 2.06. The molecule has 0 saturated heterocycles. The molecule has 7 heteroatoms. The second-order valence-electron chi connectivity index (χ2n) is 4.48. The molecule has 0 aromatic rings. The summed E-state index contributed by atoms with van der Waals surface area (Å²) >= 11 is 0. The zero-order valence-electron chi connectivity index (χ0n) is 11.5. The Bertz CT molecular complexity index is 295. The molecule has 0 fully saturated rings. The van der Waals surface area contributed by atoms with E-state index in [0.29, 0.717) is 19.4 Å². The van der Waals surface area contributed by atoms with E-state index in [1.807, 2.05) is 19.0 Å². The van der Waals surface area contributed by atoms with Gasteiger partial charge in [-0.1, -0.05) is 0 Å². The van der Waals surface area contributed by atoms with Gasteiger partial charge in [0, 0.05) is 13.1 Å². The molecule has 1 atom stereocenters. The van der Waals surface area contributed by atoms with Gasteiger partial charge in [0.1, 0.15) is 0 Å². The molecule has 0 aliphatic carbocycles. The van der Waals surface area contributed by atoms with Crippen LogP contribution in [0.2, 0.25) is 0 Å². The average Bonchev–Trinajstić information content (AvgIpc) is 2.32. The Morgan fingerprint density at radius 1 is 1.26 bits per heavy atom. The Morgan fingerprint density at radius 2 is 1.95 bits per heavy atom. The summed E-state index contributed by atoms with van der Waals surface area (Å²) in [5, 5.41) is 13.7. The first-order chi connectivity index (χ1) is 8.99. The lowest BCUT2D eigenvalue weighted by molar-refractivity contribution is -0.137. The smallest absolute Gasteiger partial charge is 0.305 e. The Hall–Kier alpha value is -1.63. The number of hydrogen-bond acceptors (Lipinski definition) is 4. The van der Waals surface area contributed by atoms with E-state index in [2.05, 4.69) is 10.6 Å². The van der Waals surface area contributed by atoms with E-state index >= 15 is 0 Å². The van der Waals surface area contributed by atoms with Crippen LogP contribution >= 0.6 is 0 Å². The Morgan fingerprint density at radius 3 is 2.47 bits per heavy atom. The fourth-order valence-corrected chi connectivity index (χ4v) is 1.66. The van der Waals surface area contributed by atoms with E-state index < -0.39 is 5.97 Å². The second-order valence-corrected chi connectivity index (χ2v) is 4.48. The number of carbonyl (C=O) groups is 3. The number of carboxylic acids is 1. The maximum absolute atomic E-state index is 11.9. The molecule has 0 aromatic carbocycles. The molecule has 0 heterocycles. The number of nitrogens with one attached hydrogen (secondary N) is 2. The molecule has 7 nitrogen and oxygen atoms in total. The molecular weight excluding hydrogens is 253 g/mol. The lowest BCUT2D eigenvalue weighted by Gasteiger charge is -2.23. The minimum absolute atomic E-state index is 0.0743. The number of aliphatic carboxylic acids is 1. The summed E-state index contributed by atoms with van der Waals surface area (Å²) in [5.41, 5.74) is 0. The molecule has 0 saturated carbocycles. The van der Waals surface area contributed by atoms with Crippen LogP contribution in [0.25, 0.3) is 0 Å². The topological polar surface area (TPSA) is 98.7 Å². The Kier molecular flexibility index (Phi) is 9.42. The van der Waals surface area contributed by atoms with E-state index in [9.17, 15) is 14.4 Å². The van der Waals surface area contributed by atoms with E-state index in [1.54, 1.807) is 0 Å². The van der Waals surface area contributed by atoms with Crippen molar-refractivity contribution in [3.8, 4) is 0 Å². The number of carboxylic acid groups (broad SMARTS) is 1. The highest BCUT2D eigenvalue weighted by Gasteiger charge is 2.19. The summed E-state index contributed by atoms with van der Waals surface area (Å²) in [6.45, 7) is 0.746. The van der Waals surface area contributed by atoms with Gasteiger partial charge in [-0.3, -0.25) is 19.3 Å². The summed E-state index contributed by atoms with van der Waals surface area (Å²) in [5.74, 6) is -1.09. The molecule has 0 aromatic heterocycles. The SMILES string of the molecule is CN(C)C(CCCCN[13CH]=O)C(=O)[15NH][13CH2]CC(=O)O. The minimum atomic E-state index is -0.929. The van der Waals surface area contributed by atoms with Gasteiger partial charge in [-0.15, -0.1) is 0 Å². The number of amides is 2. The summed E-state index contributed by atoms with van der Waals surface area (Å²) in [7, 11) is 3.62. The van der Waals surface area contributed by atoms with Gasteiger partial charge in [0.2, 0.25) is 12.3 Å².